The molecule has 5 nitrogen and oxygen atoms in total. The Morgan fingerprint density at radius 1 is 1.32 bits per heavy atom. The summed E-state index contributed by atoms with van der Waals surface area (Å²) < 4.78 is 27.9. The van der Waals surface area contributed by atoms with Crippen molar-refractivity contribution in [3.05, 3.63) is 41.2 Å². The molecule has 1 aromatic heterocycles. The van der Waals surface area contributed by atoms with Gasteiger partial charge in [0.2, 0.25) is 0 Å². The lowest BCUT2D eigenvalue weighted by molar-refractivity contribution is 0.538. The van der Waals surface area contributed by atoms with Gasteiger partial charge in [0.05, 0.1) is 13.1 Å². The standard InChI is InChI=1S/C12H13F2N5/c13-9-2-1-8(11(14)5-9)7-19-12(16-17-18-19)6-15-10-3-4-10/h1-2,5,10,15H,3-4,6-7H2. The summed E-state index contributed by atoms with van der Waals surface area (Å²) in [6.45, 7) is 0.751. The molecule has 1 aromatic carbocycles. The quantitative estimate of drug-likeness (QED) is 0.884. The zero-order valence-corrected chi connectivity index (χ0v) is 10.2. The number of rotatable bonds is 5. The molecule has 0 saturated heterocycles. The number of hydrogen-bond acceptors (Lipinski definition) is 4. The predicted molar refractivity (Wildman–Crippen MR) is 63.1 cm³/mol. The van der Waals surface area contributed by atoms with Crippen LogP contribution in [0.15, 0.2) is 18.2 Å². The molecule has 2 aromatic rings. The Kier molecular flexibility index (Phi) is 3.20. The highest BCUT2D eigenvalue weighted by molar-refractivity contribution is 5.18. The Morgan fingerprint density at radius 3 is 2.89 bits per heavy atom. The first-order valence-electron chi connectivity index (χ1n) is 6.15. The van der Waals surface area contributed by atoms with Crippen LogP contribution in [0.3, 0.4) is 0 Å². The minimum atomic E-state index is -0.589. The van der Waals surface area contributed by atoms with Crippen LogP contribution in [0.5, 0.6) is 0 Å². The molecule has 7 heteroatoms. The summed E-state index contributed by atoms with van der Waals surface area (Å²) in [6, 6.07) is 4.05. The number of tetrazole rings is 1. The topological polar surface area (TPSA) is 55.6 Å². The van der Waals surface area contributed by atoms with E-state index in [1.54, 1.807) is 0 Å². The summed E-state index contributed by atoms with van der Waals surface area (Å²) in [5.74, 6) is -0.527. The van der Waals surface area contributed by atoms with E-state index in [1.807, 2.05) is 0 Å². The average Bonchev–Trinajstić information content (AvgIpc) is 3.11. The van der Waals surface area contributed by atoms with Gasteiger partial charge in [0.1, 0.15) is 11.6 Å². The lowest BCUT2D eigenvalue weighted by atomic mass is 10.2. The van der Waals surface area contributed by atoms with Crippen LogP contribution in [0, 0.1) is 11.6 Å². The Hall–Kier alpha value is -1.89. The fourth-order valence-corrected chi connectivity index (χ4v) is 1.81. The molecule has 100 valence electrons. The van der Waals surface area contributed by atoms with Gasteiger partial charge in [-0.25, -0.2) is 13.5 Å². The third kappa shape index (κ3) is 2.93. The first-order chi connectivity index (χ1) is 9.22. The third-order valence-corrected chi connectivity index (χ3v) is 3.07. The molecule has 0 unspecified atom stereocenters. The second-order valence-corrected chi connectivity index (χ2v) is 4.64. The van der Waals surface area contributed by atoms with Crippen molar-refractivity contribution >= 4 is 0 Å². The van der Waals surface area contributed by atoms with Crippen molar-refractivity contribution in [3.63, 3.8) is 0 Å². The smallest absolute Gasteiger partial charge is 0.165 e. The van der Waals surface area contributed by atoms with Crippen molar-refractivity contribution in [1.29, 1.82) is 0 Å². The second-order valence-electron chi connectivity index (χ2n) is 4.64. The first kappa shape index (κ1) is 12.2. The van der Waals surface area contributed by atoms with Gasteiger partial charge >= 0.3 is 0 Å². The SMILES string of the molecule is Fc1ccc(Cn2nnnc2CNC2CC2)c(F)c1. The van der Waals surface area contributed by atoms with Crippen molar-refractivity contribution in [2.75, 3.05) is 0 Å². The molecule has 0 radical (unpaired) electrons. The van der Waals surface area contributed by atoms with Crippen molar-refractivity contribution in [2.24, 2.45) is 0 Å². The van der Waals surface area contributed by atoms with Gasteiger partial charge in [-0.1, -0.05) is 6.07 Å². The molecule has 1 fully saturated rings. The molecule has 1 N–H and O–H groups in total. The zero-order valence-electron chi connectivity index (χ0n) is 10.2. The molecule has 1 aliphatic carbocycles. The van der Waals surface area contributed by atoms with Crippen LogP contribution in [0.25, 0.3) is 0 Å². The number of nitrogens with one attached hydrogen (secondary N) is 1. The van der Waals surface area contributed by atoms with Crippen LogP contribution in [0.1, 0.15) is 24.2 Å². The summed E-state index contributed by atoms with van der Waals surface area (Å²) in [6.07, 6.45) is 2.35. The summed E-state index contributed by atoms with van der Waals surface area (Å²) in [5, 5.41) is 14.6. The molecule has 0 amide bonds. The summed E-state index contributed by atoms with van der Waals surface area (Å²) in [5.41, 5.74) is 0.362. The Balaban J connectivity index is 1.73. The van der Waals surface area contributed by atoms with Crippen LogP contribution in [0.2, 0.25) is 0 Å². The minimum absolute atomic E-state index is 0.195. The highest BCUT2D eigenvalue weighted by atomic mass is 19.1. The molecule has 3 rings (SSSR count). The molecule has 19 heavy (non-hydrogen) atoms. The molecule has 0 spiro atoms. The highest BCUT2D eigenvalue weighted by Crippen LogP contribution is 2.19. The van der Waals surface area contributed by atoms with E-state index in [2.05, 4.69) is 20.8 Å². The third-order valence-electron chi connectivity index (χ3n) is 3.07. The molecule has 1 heterocycles. The fourth-order valence-electron chi connectivity index (χ4n) is 1.81. The number of nitrogens with zero attached hydrogens (tertiary/aromatic N) is 4. The molecular weight excluding hydrogens is 252 g/mol. The molecule has 1 saturated carbocycles. The van der Waals surface area contributed by atoms with Gasteiger partial charge in [-0.3, -0.25) is 0 Å². The maximum Gasteiger partial charge on any atom is 0.165 e. The lowest BCUT2D eigenvalue weighted by Gasteiger charge is -2.06. The normalized spacial score (nSPS) is 14.8. The van der Waals surface area contributed by atoms with Gasteiger partial charge in [-0.15, -0.1) is 5.10 Å². The zero-order chi connectivity index (χ0) is 13.2. The predicted octanol–water partition coefficient (Wildman–Crippen LogP) is 1.25. The van der Waals surface area contributed by atoms with Crippen LogP contribution in [0.4, 0.5) is 8.78 Å². The van der Waals surface area contributed by atoms with E-state index in [-0.39, 0.29) is 6.54 Å². The number of halogens is 2. The summed E-state index contributed by atoms with van der Waals surface area (Å²) >= 11 is 0. The van der Waals surface area contributed by atoms with E-state index in [9.17, 15) is 8.78 Å². The minimum Gasteiger partial charge on any atom is -0.307 e. The van der Waals surface area contributed by atoms with E-state index in [0.717, 1.165) is 6.07 Å². The van der Waals surface area contributed by atoms with Gasteiger partial charge in [0.15, 0.2) is 5.82 Å². The Morgan fingerprint density at radius 2 is 2.16 bits per heavy atom. The fraction of sp³-hybridized carbons (Fsp3) is 0.417. The molecule has 0 bridgehead atoms. The maximum absolute atomic E-state index is 13.6. The van der Waals surface area contributed by atoms with Gasteiger partial charge in [-0.05, 0) is 29.3 Å². The van der Waals surface area contributed by atoms with Crippen LogP contribution < -0.4 is 5.32 Å². The van der Waals surface area contributed by atoms with E-state index in [4.69, 9.17) is 0 Å². The van der Waals surface area contributed by atoms with E-state index in [0.29, 0.717) is 24.0 Å². The van der Waals surface area contributed by atoms with Crippen molar-refractivity contribution < 1.29 is 8.78 Å². The second kappa shape index (κ2) is 5.00. The lowest BCUT2D eigenvalue weighted by Crippen LogP contribution is -2.20. The van der Waals surface area contributed by atoms with Crippen LogP contribution >= 0.6 is 0 Å². The van der Waals surface area contributed by atoms with Gasteiger partial charge in [-0.2, -0.15) is 0 Å². The molecule has 1 aliphatic rings. The number of aromatic nitrogens is 4. The monoisotopic (exact) mass is 265 g/mol. The van der Waals surface area contributed by atoms with Crippen LogP contribution in [-0.2, 0) is 13.1 Å². The van der Waals surface area contributed by atoms with Crippen LogP contribution in [-0.4, -0.2) is 26.2 Å². The average molecular weight is 265 g/mol. The van der Waals surface area contributed by atoms with Crippen molar-refractivity contribution in [1.82, 2.24) is 25.5 Å². The van der Waals surface area contributed by atoms with Crippen molar-refractivity contribution in [2.45, 2.75) is 32.0 Å². The molecule has 0 atom stereocenters. The number of hydrogen-bond donors (Lipinski definition) is 1. The maximum atomic E-state index is 13.6. The summed E-state index contributed by atoms with van der Waals surface area (Å²) in [4.78, 5) is 0. The Labute approximate surface area is 108 Å². The van der Waals surface area contributed by atoms with Crippen molar-refractivity contribution in [3.8, 4) is 0 Å². The van der Waals surface area contributed by atoms with Gasteiger partial charge in [0.25, 0.3) is 0 Å². The van der Waals surface area contributed by atoms with Gasteiger partial charge in [0, 0.05) is 17.7 Å². The largest absolute Gasteiger partial charge is 0.307 e. The highest BCUT2D eigenvalue weighted by Gasteiger charge is 2.21. The van der Waals surface area contributed by atoms with E-state index < -0.39 is 11.6 Å². The number of benzene rings is 1. The first-order valence-corrected chi connectivity index (χ1v) is 6.15. The van der Waals surface area contributed by atoms with Gasteiger partial charge < -0.3 is 5.32 Å². The van der Waals surface area contributed by atoms with E-state index >= 15 is 0 Å². The van der Waals surface area contributed by atoms with E-state index in [1.165, 1.54) is 29.7 Å². The Bertz CT molecular complexity index is 579. The summed E-state index contributed by atoms with van der Waals surface area (Å²) in [7, 11) is 0. The molecule has 0 aliphatic heterocycles. The molecular formula is C12H13F2N5.